The van der Waals surface area contributed by atoms with Crippen LogP contribution in [0.15, 0.2) is 48.5 Å². The highest BCUT2D eigenvalue weighted by Gasteiger charge is 2.27. The molecule has 3 aromatic rings. The number of hydrogen-bond donors (Lipinski definition) is 2. The van der Waals surface area contributed by atoms with Crippen LogP contribution < -0.4 is 10.6 Å². The summed E-state index contributed by atoms with van der Waals surface area (Å²) in [6.45, 7) is 7.69. The molecule has 38 heavy (non-hydrogen) atoms. The smallest absolute Gasteiger partial charge is 0.324 e. The number of likely N-dealkylation sites (N-methyl/N-ethyl adjacent to an activating group) is 1. The molecule has 1 aliphatic rings. The average Bonchev–Trinajstić information content (AvgIpc) is 3.50. The van der Waals surface area contributed by atoms with Gasteiger partial charge in [-0.25, -0.2) is 9.48 Å². The van der Waals surface area contributed by atoms with Crippen molar-refractivity contribution in [2.75, 3.05) is 37.8 Å². The molecule has 3 amide bonds. The summed E-state index contributed by atoms with van der Waals surface area (Å²) in [6.07, 6.45) is 1.29. The van der Waals surface area contributed by atoms with Gasteiger partial charge in [-0.3, -0.25) is 10.1 Å². The zero-order valence-corrected chi connectivity index (χ0v) is 23.9. The number of anilines is 2. The second kappa shape index (κ2) is 11.4. The largest absolute Gasteiger partial charge is 0.341 e. The summed E-state index contributed by atoms with van der Waals surface area (Å²) < 4.78 is 1.69. The number of urea groups is 1. The number of hydrogen-bond acceptors (Lipinski definition) is 4. The van der Waals surface area contributed by atoms with Crippen LogP contribution in [0.3, 0.4) is 0 Å². The third-order valence-electron chi connectivity index (χ3n) is 6.68. The van der Waals surface area contributed by atoms with Crippen molar-refractivity contribution in [1.29, 1.82) is 0 Å². The number of amides is 3. The Morgan fingerprint density at radius 1 is 1.08 bits per heavy atom. The van der Waals surface area contributed by atoms with Crippen molar-refractivity contribution in [2.45, 2.75) is 45.1 Å². The zero-order valence-electron chi connectivity index (χ0n) is 22.4. The van der Waals surface area contributed by atoms with Gasteiger partial charge in [-0.2, -0.15) is 5.10 Å². The molecule has 1 fully saturated rings. The molecule has 1 atom stereocenters. The highest BCUT2D eigenvalue weighted by Crippen LogP contribution is 2.30. The third-order valence-corrected chi connectivity index (χ3v) is 7.49. The van der Waals surface area contributed by atoms with Crippen molar-refractivity contribution in [3.63, 3.8) is 0 Å². The lowest BCUT2D eigenvalue weighted by atomic mass is 9.92. The minimum atomic E-state index is -0.480. The molecule has 2 heterocycles. The molecular weight excluding hydrogens is 523 g/mol. The Bertz CT molecular complexity index is 1330. The first-order valence-corrected chi connectivity index (χ1v) is 13.3. The number of aromatic nitrogens is 2. The number of carbonyl (C=O) groups excluding carboxylic acids is 2. The van der Waals surface area contributed by atoms with Gasteiger partial charge in [-0.1, -0.05) is 62.2 Å². The van der Waals surface area contributed by atoms with Crippen molar-refractivity contribution < 1.29 is 9.59 Å². The number of nitrogens with one attached hydrogen (secondary N) is 2. The van der Waals surface area contributed by atoms with Gasteiger partial charge in [0, 0.05) is 30.6 Å². The van der Waals surface area contributed by atoms with E-state index < -0.39 is 6.03 Å². The van der Waals surface area contributed by atoms with Crippen LogP contribution in [0, 0.1) is 0 Å². The number of halogens is 2. The molecule has 202 valence electrons. The molecule has 8 nitrogen and oxygen atoms in total. The van der Waals surface area contributed by atoms with E-state index in [1.54, 1.807) is 22.9 Å². The number of nitrogens with zero attached hydrogens (tertiary/aromatic N) is 4. The molecule has 2 N–H and O–H groups in total. The highest BCUT2D eigenvalue weighted by molar-refractivity contribution is 6.44. The van der Waals surface area contributed by atoms with Gasteiger partial charge in [-0.15, -0.1) is 0 Å². The molecule has 0 saturated carbocycles. The fraction of sp³-hybridized carbons (Fsp3) is 0.393. The third kappa shape index (κ3) is 6.49. The van der Waals surface area contributed by atoms with E-state index in [9.17, 15) is 9.59 Å². The van der Waals surface area contributed by atoms with Crippen LogP contribution in [0.25, 0.3) is 5.69 Å². The van der Waals surface area contributed by atoms with Crippen LogP contribution in [-0.2, 0) is 16.6 Å². The monoisotopic (exact) mass is 556 g/mol. The molecular formula is C28H34Cl2N6O2. The van der Waals surface area contributed by atoms with Gasteiger partial charge in [0.2, 0.25) is 5.91 Å². The Hall–Kier alpha value is -3.07. The fourth-order valence-corrected chi connectivity index (χ4v) is 4.73. The maximum Gasteiger partial charge on any atom is 0.324 e. The second-order valence-electron chi connectivity index (χ2n) is 10.8. The van der Waals surface area contributed by atoms with Crippen molar-refractivity contribution in [3.8, 4) is 5.69 Å². The molecule has 0 bridgehead atoms. The van der Waals surface area contributed by atoms with E-state index in [0.717, 1.165) is 36.5 Å². The minimum absolute atomic E-state index is 0.110. The Morgan fingerprint density at radius 3 is 2.50 bits per heavy atom. The van der Waals surface area contributed by atoms with Gasteiger partial charge in [-0.05, 0) is 50.3 Å². The normalized spacial score (nSPS) is 15.7. The zero-order chi connectivity index (χ0) is 27.6. The molecule has 1 aromatic heterocycles. The Balaban J connectivity index is 1.56. The maximum absolute atomic E-state index is 13.0. The summed E-state index contributed by atoms with van der Waals surface area (Å²) in [4.78, 5) is 30.0. The summed E-state index contributed by atoms with van der Waals surface area (Å²) in [5.41, 5.74) is 2.59. The Kier molecular flexibility index (Phi) is 8.35. The van der Waals surface area contributed by atoms with Crippen LogP contribution >= 0.6 is 23.2 Å². The van der Waals surface area contributed by atoms with E-state index in [4.69, 9.17) is 28.3 Å². The molecule has 1 aliphatic heterocycles. The number of likely N-dealkylation sites (tertiary alicyclic amines) is 1. The van der Waals surface area contributed by atoms with E-state index in [2.05, 4.69) is 36.3 Å². The van der Waals surface area contributed by atoms with Crippen LogP contribution in [0.2, 0.25) is 10.0 Å². The molecule has 4 rings (SSSR count). The van der Waals surface area contributed by atoms with Gasteiger partial charge < -0.3 is 15.1 Å². The maximum atomic E-state index is 13.0. The van der Waals surface area contributed by atoms with E-state index in [1.807, 2.05) is 49.3 Å². The predicted octanol–water partition coefficient (Wildman–Crippen LogP) is 5.83. The van der Waals surface area contributed by atoms with Crippen molar-refractivity contribution in [1.82, 2.24) is 19.6 Å². The molecule has 0 radical (unpaired) electrons. The van der Waals surface area contributed by atoms with Crippen LogP contribution in [0.1, 0.15) is 38.4 Å². The Morgan fingerprint density at radius 2 is 1.82 bits per heavy atom. The fourth-order valence-electron chi connectivity index (χ4n) is 4.38. The summed E-state index contributed by atoms with van der Waals surface area (Å²) in [6, 6.07) is 14.5. The SMILES string of the molecule is CN(C)[C@@H]1CCN(C(=O)Cc2cccc(-n3nc(C(C)(C)C)cc3NC(=O)Nc3cccc(Cl)c3Cl)c2)C1. The first kappa shape index (κ1) is 28.0. The van der Waals surface area contributed by atoms with Crippen LogP contribution in [-0.4, -0.2) is 64.7 Å². The van der Waals surface area contributed by atoms with Crippen molar-refractivity contribution in [2.24, 2.45) is 0 Å². The van der Waals surface area contributed by atoms with Crippen LogP contribution in [0.4, 0.5) is 16.3 Å². The predicted molar refractivity (Wildman–Crippen MR) is 154 cm³/mol. The summed E-state index contributed by atoms with van der Waals surface area (Å²) >= 11 is 12.3. The molecule has 0 spiro atoms. The van der Waals surface area contributed by atoms with E-state index >= 15 is 0 Å². The van der Waals surface area contributed by atoms with Gasteiger partial charge >= 0.3 is 6.03 Å². The molecule has 10 heteroatoms. The average molecular weight is 558 g/mol. The molecule has 2 aromatic carbocycles. The Labute approximate surface area is 233 Å². The van der Waals surface area contributed by atoms with Gasteiger partial charge in [0.15, 0.2) is 0 Å². The quantitative estimate of drug-likeness (QED) is 0.400. The van der Waals surface area contributed by atoms with Crippen molar-refractivity contribution in [3.05, 3.63) is 69.8 Å². The highest BCUT2D eigenvalue weighted by atomic mass is 35.5. The summed E-state index contributed by atoms with van der Waals surface area (Å²) in [7, 11) is 4.10. The molecule has 0 unspecified atom stereocenters. The van der Waals surface area contributed by atoms with Crippen LogP contribution in [0.5, 0.6) is 0 Å². The molecule has 1 saturated heterocycles. The van der Waals surface area contributed by atoms with Gasteiger partial charge in [0.1, 0.15) is 5.82 Å². The summed E-state index contributed by atoms with van der Waals surface area (Å²) in [5, 5.41) is 11.0. The number of benzene rings is 2. The van der Waals surface area contributed by atoms with Crippen molar-refractivity contribution >= 4 is 46.6 Å². The minimum Gasteiger partial charge on any atom is -0.341 e. The lowest BCUT2D eigenvalue weighted by molar-refractivity contribution is -0.129. The second-order valence-corrected chi connectivity index (χ2v) is 11.6. The number of rotatable bonds is 6. The first-order valence-electron chi connectivity index (χ1n) is 12.6. The topological polar surface area (TPSA) is 82.5 Å². The lowest BCUT2D eigenvalue weighted by Gasteiger charge is -2.20. The van der Waals surface area contributed by atoms with E-state index in [-0.39, 0.29) is 16.3 Å². The molecule has 0 aliphatic carbocycles. The summed E-state index contributed by atoms with van der Waals surface area (Å²) in [5.74, 6) is 0.598. The first-order chi connectivity index (χ1) is 17.9. The standard InChI is InChI=1S/C28H34Cl2N6O2/c1-28(2,3)23-16-24(32-27(38)31-22-11-7-10-21(29)26(22)30)36(33-23)19-9-6-8-18(14-19)15-25(37)35-13-12-20(17-35)34(4)5/h6-11,14,16,20H,12-13,15,17H2,1-5H3,(H2,31,32,38)/t20-/m1/s1. The lowest BCUT2D eigenvalue weighted by Crippen LogP contribution is -2.35. The van der Waals surface area contributed by atoms with E-state index in [0.29, 0.717) is 29.0 Å². The van der Waals surface area contributed by atoms with Gasteiger partial charge in [0.25, 0.3) is 0 Å². The van der Waals surface area contributed by atoms with Gasteiger partial charge in [0.05, 0.1) is 33.5 Å². The number of carbonyl (C=O) groups is 2. The van der Waals surface area contributed by atoms with E-state index in [1.165, 1.54) is 0 Å².